The van der Waals surface area contributed by atoms with Crippen LogP contribution in [0.25, 0.3) is 0 Å². The minimum atomic E-state index is -4.67. The molecule has 99 valence electrons. The van der Waals surface area contributed by atoms with E-state index in [9.17, 15) is 13.2 Å². The number of alkyl halides is 3. The molecule has 0 saturated heterocycles. The van der Waals surface area contributed by atoms with Gasteiger partial charge >= 0.3 is 6.36 Å². The molecule has 0 bridgehead atoms. The van der Waals surface area contributed by atoms with E-state index in [1.54, 1.807) is 0 Å². The molecule has 1 aromatic rings. The number of benzene rings is 1. The van der Waals surface area contributed by atoms with Crippen LogP contribution in [0, 0.1) is 0 Å². The van der Waals surface area contributed by atoms with E-state index in [0.29, 0.717) is 12.0 Å². The predicted molar refractivity (Wildman–Crippen MR) is 60.3 cm³/mol. The quantitative estimate of drug-likeness (QED) is 0.576. The molecule has 0 aromatic heterocycles. The Kier molecular flexibility index (Phi) is 5.48. The summed E-state index contributed by atoms with van der Waals surface area (Å²) >= 11 is 0. The van der Waals surface area contributed by atoms with E-state index in [2.05, 4.69) is 16.1 Å². The van der Waals surface area contributed by atoms with Gasteiger partial charge in [0.1, 0.15) is 18.6 Å². The molecule has 0 aliphatic rings. The van der Waals surface area contributed by atoms with Gasteiger partial charge in [0.15, 0.2) is 0 Å². The second-order valence-electron chi connectivity index (χ2n) is 3.46. The van der Waals surface area contributed by atoms with Crippen molar-refractivity contribution in [2.24, 2.45) is 5.16 Å². The van der Waals surface area contributed by atoms with E-state index < -0.39 is 6.36 Å². The zero-order valence-electron chi connectivity index (χ0n) is 9.83. The molecule has 18 heavy (non-hydrogen) atoms. The Morgan fingerprint density at radius 1 is 1.22 bits per heavy atom. The average molecular weight is 260 g/mol. The van der Waals surface area contributed by atoms with E-state index >= 15 is 0 Å². The summed E-state index contributed by atoms with van der Waals surface area (Å²) in [5, 5.41) is 3.58. The van der Waals surface area contributed by atoms with Crippen LogP contribution in [0.2, 0.25) is 0 Å². The standard InChI is InChI=1S/C12H13F3NO2/c1-2-3-8-16-17-9-10-4-6-11(7-5-10)18-12(13,14)15/h4-7H,2-3,9H2,1H3. The molecular weight excluding hydrogens is 247 g/mol. The molecule has 1 radical (unpaired) electrons. The monoisotopic (exact) mass is 260 g/mol. The first kappa shape index (κ1) is 14.3. The van der Waals surface area contributed by atoms with Crippen LogP contribution < -0.4 is 4.74 Å². The maximum absolute atomic E-state index is 11.9. The first-order valence-corrected chi connectivity index (χ1v) is 5.41. The number of hydrogen-bond acceptors (Lipinski definition) is 3. The summed E-state index contributed by atoms with van der Waals surface area (Å²) in [6, 6.07) is 5.42. The van der Waals surface area contributed by atoms with Crippen LogP contribution in [0.5, 0.6) is 5.75 Å². The molecule has 0 fully saturated rings. The van der Waals surface area contributed by atoms with Crippen LogP contribution in [0.3, 0.4) is 0 Å². The third-order valence-electron chi connectivity index (χ3n) is 1.88. The molecule has 0 amide bonds. The van der Waals surface area contributed by atoms with Crippen LogP contribution in [-0.2, 0) is 11.4 Å². The Morgan fingerprint density at radius 3 is 2.44 bits per heavy atom. The van der Waals surface area contributed by atoms with Gasteiger partial charge in [-0.3, -0.25) is 0 Å². The Bertz CT molecular complexity index is 374. The topological polar surface area (TPSA) is 30.8 Å². The van der Waals surface area contributed by atoms with Gasteiger partial charge in [-0.05, 0) is 24.1 Å². The van der Waals surface area contributed by atoms with Gasteiger partial charge in [0, 0.05) is 0 Å². The van der Waals surface area contributed by atoms with Crippen LogP contribution >= 0.6 is 0 Å². The molecule has 0 saturated carbocycles. The molecule has 0 atom stereocenters. The summed E-state index contributed by atoms with van der Waals surface area (Å²) in [6.45, 7) is 2.17. The molecule has 0 aliphatic heterocycles. The highest BCUT2D eigenvalue weighted by molar-refractivity contribution is 5.55. The molecule has 3 nitrogen and oxygen atoms in total. The van der Waals surface area contributed by atoms with Crippen LogP contribution in [-0.4, -0.2) is 12.6 Å². The maximum Gasteiger partial charge on any atom is 0.573 e. The third-order valence-corrected chi connectivity index (χ3v) is 1.88. The smallest absolute Gasteiger partial charge is 0.406 e. The zero-order valence-corrected chi connectivity index (χ0v) is 9.83. The first-order valence-electron chi connectivity index (χ1n) is 5.41. The number of rotatable bonds is 6. The maximum atomic E-state index is 11.9. The van der Waals surface area contributed by atoms with E-state index in [0.717, 1.165) is 6.42 Å². The normalized spacial score (nSPS) is 11.8. The highest BCUT2D eigenvalue weighted by Crippen LogP contribution is 2.22. The molecular formula is C12H13F3NO2. The molecule has 0 heterocycles. The van der Waals surface area contributed by atoms with Crippen LogP contribution in [0.15, 0.2) is 29.4 Å². The van der Waals surface area contributed by atoms with Crippen molar-refractivity contribution < 1.29 is 22.7 Å². The Hall–Kier alpha value is -1.72. The van der Waals surface area contributed by atoms with Crippen molar-refractivity contribution in [2.75, 3.05) is 0 Å². The summed E-state index contributed by atoms with van der Waals surface area (Å²) < 4.78 is 39.4. The van der Waals surface area contributed by atoms with Gasteiger partial charge < -0.3 is 9.57 Å². The zero-order chi connectivity index (χ0) is 13.4. The number of hydrogen-bond donors (Lipinski definition) is 0. The van der Waals surface area contributed by atoms with E-state index in [1.807, 2.05) is 6.92 Å². The van der Waals surface area contributed by atoms with Gasteiger partial charge in [-0.25, -0.2) is 0 Å². The lowest BCUT2D eigenvalue weighted by atomic mass is 10.2. The predicted octanol–water partition coefficient (Wildman–Crippen LogP) is 3.76. The lowest BCUT2D eigenvalue weighted by Crippen LogP contribution is -2.17. The van der Waals surface area contributed by atoms with Crippen molar-refractivity contribution >= 4 is 6.21 Å². The number of unbranched alkanes of at least 4 members (excludes halogenated alkanes) is 1. The van der Waals surface area contributed by atoms with Crippen LogP contribution in [0.4, 0.5) is 13.2 Å². The highest BCUT2D eigenvalue weighted by atomic mass is 19.4. The molecule has 1 aromatic carbocycles. The highest BCUT2D eigenvalue weighted by Gasteiger charge is 2.30. The Labute approximate surface area is 103 Å². The molecule has 0 aliphatic carbocycles. The minimum Gasteiger partial charge on any atom is -0.406 e. The molecule has 0 unspecified atom stereocenters. The van der Waals surface area contributed by atoms with Crippen molar-refractivity contribution in [1.29, 1.82) is 0 Å². The minimum absolute atomic E-state index is 0.184. The van der Waals surface area contributed by atoms with Crippen LogP contribution in [0.1, 0.15) is 25.3 Å². The number of nitrogens with zero attached hydrogens (tertiary/aromatic N) is 1. The summed E-state index contributed by atoms with van der Waals surface area (Å²) in [6.07, 6.45) is -0.359. The molecule has 0 N–H and O–H groups in total. The second-order valence-corrected chi connectivity index (χ2v) is 3.46. The van der Waals surface area contributed by atoms with Gasteiger partial charge in [0.25, 0.3) is 0 Å². The van der Waals surface area contributed by atoms with Gasteiger partial charge in [0.05, 0.1) is 0 Å². The summed E-state index contributed by atoms with van der Waals surface area (Å²) in [7, 11) is 0. The van der Waals surface area contributed by atoms with Crippen molar-refractivity contribution in [3.8, 4) is 5.75 Å². The van der Waals surface area contributed by atoms with E-state index in [1.165, 1.54) is 24.3 Å². The van der Waals surface area contributed by atoms with Crippen molar-refractivity contribution in [3.05, 3.63) is 29.8 Å². The van der Waals surface area contributed by atoms with Crippen molar-refractivity contribution in [1.82, 2.24) is 0 Å². The first-order chi connectivity index (χ1) is 8.51. The SMILES string of the molecule is CCC/[C]=N/OCc1ccc(OC(F)(F)F)cc1. The van der Waals surface area contributed by atoms with Crippen molar-refractivity contribution in [3.63, 3.8) is 0 Å². The number of halogens is 3. The molecule has 6 heteroatoms. The fourth-order valence-electron chi connectivity index (χ4n) is 1.10. The average Bonchev–Trinajstić information content (AvgIpc) is 2.29. The second kappa shape index (κ2) is 6.88. The van der Waals surface area contributed by atoms with E-state index in [-0.39, 0.29) is 12.4 Å². The largest absolute Gasteiger partial charge is 0.573 e. The third kappa shape index (κ3) is 6.12. The summed E-state index contributed by atoms with van der Waals surface area (Å²) in [4.78, 5) is 4.91. The molecule has 1 rings (SSSR count). The Balaban J connectivity index is 2.41. The van der Waals surface area contributed by atoms with E-state index in [4.69, 9.17) is 4.84 Å². The lowest BCUT2D eigenvalue weighted by molar-refractivity contribution is -0.274. The number of ether oxygens (including phenoxy) is 1. The van der Waals surface area contributed by atoms with Gasteiger partial charge in [-0.15, -0.1) is 13.2 Å². The fraction of sp³-hybridized carbons (Fsp3) is 0.417. The lowest BCUT2D eigenvalue weighted by Gasteiger charge is -2.08. The molecule has 0 spiro atoms. The Morgan fingerprint density at radius 2 is 1.89 bits per heavy atom. The van der Waals surface area contributed by atoms with Gasteiger partial charge in [-0.1, -0.05) is 30.6 Å². The summed E-state index contributed by atoms with van der Waals surface area (Å²) in [5.74, 6) is -0.257. The van der Waals surface area contributed by atoms with Crippen molar-refractivity contribution in [2.45, 2.75) is 32.7 Å². The summed E-state index contributed by atoms with van der Waals surface area (Å²) in [5.41, 5.74) is 0.701. The fourth-order valence-corrected chi connectivity index (χ4v) is 1.10. The van der Waals surface area contributed by atoms with Gasteiger partial charge in [-0.2, -0.15) is 0 Å². The van der Waals surface area contributed by atoms with Gasteiger partial charge in [0.2, 0.25) is 0 Å².